The first kappa shape index (κ1) is 14.8. The van der Waals surface area contributed by atoms with Gasteiger partial charge in [-0.3, -0.25) is 4.79 Å². The van der Waals surface area contributed by atoms with Gasteiger partial charge in [-0.2, -0.15) is 0 Å². The van der Waals surface area contributed by atoms with Crippen molar-refractivity contribution in [1.82, 2.24) is 10.2 Å². The minimum absolute atomic E-state index is 0.0923. The standard InChI is InChI=1S/C13H19ClN2O2/c1-9(13(17)16(3)4)18-12-10(8-15-2)6-5-7-11(12)14/h5-7,9,15H,8H2,1-4H3. The molecule has 1 aromatic carbocycles. The second-order valence-electron chi connectivity index (χ2n) is 4.25. The van der Waals surface area contributed by atoms with Gasteiger partial charge in [0.05, 0.1) is 5.02 Å². The molecule has 0 aliphatic carbocycles. The predicted octanol–water partition coefficient (Wildman–Crippen LogP) is 1.91. The maximum Gasteiger partial charge on any atom is 0.262 e. The quantitative estimate of drug-likeness (QED) is 0.889. The van der Waals surface area contributed by atoms with Gasteiger partial charge in [0.1, 0.15) is 5.75 Å². The summed E-state index contributed by atoms with van der Waals surface area (Å²) in [5.74, 6) is 0.474. The van der Waals surface area contributed by atoms with Crippen LogP contribution in [0, 0.1) is 0 Å². The first-order valence-corrected chi connectivity index (χ1v) is 6.15. The molecular weight excluding hydrogens is 252 g/mol. The Bertz CT molecular complexity index is 421. The van der Waals surface area contributed by atoms with Crippen molar-refractivity contribution in [3.63, 3.8) is 0 Å². The zero-order valence-corrected chi connectivity index (χ0v) is 11.9. The number of rotatable bonds is 5. The van der Waals surface area contributed by atoms with E-state index in [0.29, 0.717) is 17.3 Å². The lowest BCUT2D eigenvalue weighted by Crippen LogP contribution is -2.35. The molecule has 0 fully saturated rings. The number of carbonyl (C=O) groups excluding carboxylic acids is 1. The van der Waals surface area contributed by atoms with Gasteiger partial charge in [-0.15, -0.1) is 0 Å². The summed E-state index contributed by atoms with van der Waals surface area (Å²) < 4.78 is 5.69. The fourth-order valence-electron chi connectivity index (χ4n) is 1.61. The molecule has 1 N–H and O–H groups in total. The monoisotopic (exact) mass is 270 g/mol. The van der Waals surface area contributed by atoms with E-state index in [9.17, 15) is 4.79 Å². The number of amides is 1. The van der Waals surface area contributed by atoms with Gasteiger partial charge in [0.25, 0.3) is 5.91 Å². The molecule has 1 atom stereocenters. The largest absolute Gasteiger partial charge is 0.479 e. The predicted molar refractivity (Wildman–Crippen MR) is 73.0 cm³/mol. The molecule has 4 nitrogen and oxygen atoms in total. The molecule has 100 valence electrons. The molecule has 5 heteroatoms. The van der Waals surface area contributed by atoms with Gasteiger partial charge < -0.3 is 15.0 Å². The van der Waals surface area contributed by atoms with Crippen LogP contribution in [0.15, 0.2) is 18.2 Å². The lowest BCUT2D eigenvalue weighted by molar-refractivity contribution is -0.135. The Kier molecular flexibility index (Phi) is 5.44. The third kappa shape index (κ3) is 3.62. The van der Waals surface area contributed by atoms with E-state index in [4.69, 9.17) is 16.3 Å². The highest BCUT2D eigenvalue weighted by molar-refractivity contribution is 6.32. The van der Waals surface area contributed by atoms with Crippen LogP contribution < -0.4 is 10.1 Å². The normalized spacial score (nSPS) is 12.1. The van der Waals surface area contributed by atoms with Gasteiger partial charge in [0.15, 0.2) is 6.10 Å². The second kappa shape index (κ2) is 6.61. The Morgan fingerprint density at radius 1 is 1.50 bits per heavy atom. The number of nitrogens with zero attached hydrogens (tertiary/aromatic N) is 1. The number of hydrogen-bond donors (Lipinski definition) is 1. The number of para-hydroxylation sites is 1. The van der Waals surface area contributed by atoms with Crippen LogP contribution in [0.3, 0.4) is 0 Å². The van der Waals surface area contributed by atoms with Gasteiger partial charge >= 0.3 is 0 Å². The summed E-state index contributed by atoms with van der Waals surface area (Å²) in [5.41, 5.74) is 0.934. The summed E-state index contributed by atoms with van der Waals surface area (Å²) in [7, 11) is 5.24. The van der Waals surface area contributed by atoms with Crippen LogP contribution in [-0.4, -0.2) is 38.1 Å². The van der Waals surface area contributed by atoms with E-state index in [1.807, 2.05) is 19.2 Å². The van der Waals surface area contributed by atoms with E-state index in [2.05, 4.69) is 5.32 Å². The SMILES string of the molecule is CNCc1cccc(Cl)c1OC(C)C(=O)N(C)C. The maximum atomic E-state index is 11.8. The van der Waals surface area contributed by atoms with E-state index in [1.165, 1.54) is 4.90 Å². The van der Waals surface area contributed by atoms with Crippen molar-refractivity contribution in [3.05, 3.63) is 28.8 Å². The van der Waals surface area contributed by atoms with Gasteiger partial charge in [-0.25, -0.2) is 0 Å². The van der Waals surface area contributed by atoms with E-state index in [1.54, 1.807) is 27.1 Å². The highest BCUT2D eigenvalue weighted by Gasteiger charge is 2.19. The number of benzene rings is 1. The lowest BCUT2D eigenvalue weighted by Gasteiger charge is -2.20. The fraction of sp³-hybridized carbons (Fsp3) is 0.462. The smallest absolute Gasteiger partial charge is 0.262 e. The molecule has 1 aromatic rings. The summed E-state index contributed by atoms with van der Waals surface area (Å²) in [6.07, 6.45) is -0.560. The van der Waals surface area contributed by atoms with Gasteiger partial charge in [0, 0.05) is 26.2 Å². The first-order chi connectivity index (χ1) is 8.47. The molecule has 1 amide bonds. The second-order valence-corrected chi connectivity index (χ2v) is 4.66. The van der Waals surface area contributed by atoms with Crippen molar-refractivity contribution in [1.29, 1.82) is 0 Å². The number of ether oxygens (including phenoxy) is 1. The van der Waals surface area contributed by atoms with Crippen LogP contribution in [0.4, 0.5) is 0 Å². The molecule has 0 saturated carbocycles. The maximum absolute atomic E-state index is 11.8. The van der Waals surface area contributed by atoms with Gasteiger partial charge in [-0.1, -0.05) is 23.7 Å². The number of hydrogen-bond acceptors (Lipinski definition) is 3. The summed E-state index contributed by atoms with van der Waals surface area (Å²) in [4.78, 5) is 13.3. The highest BCUT2D eigenvalue weighted by atomic mass is 35.5. The van der Waals surface area contributed by atoms with Crippen molar-refractivity contribution in [2.24, 2.45) is 0 Å². The third-order valence-corrected chi connectivity index (χ3v) is 2.80. The fourth-order valence-corrected chi connectivity index (χ4v) is 1.84. The van der Waals surface area contributed by atoms with E-state index in [-0.39, 0.29) is 5.91 Å². The number of halogens is 1. The molecule has 0 spiro atoms. The first-order valence-electron chi connectivity index (χ1n) is 5.77. The zero-order chi connectivity index (χ0) is 13.7. The molecule has 0 aliphatic heterocycles. The van der Waals surface area contributed by atoms with Crippen LogP contribution in [0.25, 0.3) is 0 Å². The summed E-state index contributed by atoms with van der Waals surface area (Å²) in [6, 6.07) is 5.54. The average molecular weight is 271 g/mol. The average Bonchev–Trinajstić information content (AvgIpc) is 2.32. The van der Waals surface area contributed by atoms with Crippen LogP contribution >= 0.6 is 11.6 Å². The van der Waals surface area contributed by atoms with Crippen LogP contribution in [0.5, 0.6) is 5.75 Å². The Balaban J connectivity index is 2.92. The molecule has 0 aromatic heterocycles. The van der Waals surface area contributed by atoms with Gasteiger partial charge in [-0.05, 0) is 20.0 Å². The molecule has 0 bridgehead atoms. The van der Waals surface area contributed by atoms with Crippen molar-refractivity contribution in [2.75, 3.05) is 21.1 Å². The molecule has 0 radical (unpaired) electrons. The number of carbonyl (C=O) groups is 1. The van der Waals surface area contributed by atoms with Crippen molar-refractivity contribution >= 4 is 17.5 Å². The Hall–Kier alpha value is -1.26. The number of likely N-dealkylation sites (N-methyl/N-ethyl adjacent to an activating group) is 1. The lowest BCUT2D eigenvalue weighted by atomic mass is 10.2. The molecule has 18 heavy (non-hydrogen) atoms. The van der Waals surface area contributed by atoms with Crippen molar-refractivity contribution < 1.29 is 9.53 Å². The highest BCUT2D eigenvalue weighted by Crippen LogP contribution is 2.29. The molecule has 1 rings (SSSR count). The van der Waals surface area contributed by atoms with Gasteiger partial charge in [0.2, 0.25) is 0 Å². The van der Waals surface area contributed by atoms with Crippen LogP contribution in [0.1, 0.15) is 12.5 Å². The zero-order valence-electron chi connectivity index (χ0n) is 11.2. The summed E-state index contributed by atoms with van der Waals surface area (Å²) in [5, 5.41) is 3.56. The van der Waals surface area contributed by atoms with E-state index in [0.717, 1.165) is 5.56 Å². The Morgan fingerprint density at radius 2 is 2.17 bits per heavy atom. The van der Waals surface area contributed by atoms with Crippen LogP contribution in [0.2, 0.25) is 5.02 Å². The van der Waals surface area contributed by atoms with Crippen LogP contribution in [-0.2, 0) is 11.3 Å². The van der Waals surface area contributed by atoms with Crippen molar-refractivity contribution in [2.45, 2.75) is 19.6 Å². The Morgan fingerprint density at radius 3 is 2.72 bits per heavy atom. The van der Waals surface area contributed by atoms with E-state index >= 15 is 0 Å². The molecule has 0 aliphatic rings. The Labute approximate surface area is 113 Å². The molecule has 0 heterocycles. The molecule has 0 saturated heterocycles. The molecule has 1 unspecified atom stereocenters. The minimum atomic E-state index is -0.560. The molecular formula is C13H19ClN2O2. The van der Waals surface area contributed by atoms with Crippen molar-refractivity contribution in [3.8, 4) is 5.75 Å². The van der Waals surface area contributed by atoms with E-state index < -0.39 is 6.10 Å². The summed E-state index contributed by atoms with van der Waals surface area (Å²) in [6.45, 7) is 2.35. The third-order valence-electron chi connectivity index (χ3n) is 2.50. The summed E-state index contributed by atoms with van der Waals surface area (Å²) >= 11 is 6.12. The topological polar surface area (TPSA) is 41.6 Å². The minimum Gasteiger partial charge on any atom is -0.479 e. The number of nitrogens with one attached hydrogen (secondary N) is 1.